The van der Waals surface area contributed by atoms with Crippen molar-refractivity contribution in [1.29, 1.82) is 0 Å². The predicted octanol–water partition coefficient (Wildman–Crippen LogP) is 4.10. The van der Waals surface area contributed by atoms with Crippen molar-refractivity contribution in [2.45, 2.75) is 66.6 Å². The second-order valence-electron chi connectivity index (χ2n) is 7.61. The molecule has 0 spiro atoms. The quantitative estimate of drug-likeness (QED) is 0.483. The van der Waals surface area contributed by atoms with E-state index in [9.17, 15) is 0 Å². The summed E-state index contributed by atoms with van der Waals surface area (Å²) in [7, 11) is 0. The zero-order chi connectivity index (χ0) is 23.1. The second kappa shape index (κ2) is 11.0. The maximum atomic E-state index is 6.33. The minimum Gasteiger partial charge on any atom is -0.479 e. The van der Waals surface area contributed by atoms with Crippen molar-refractivity contribution in [1.82, 2.24) is 14.8 Å². The number of hydrogen-bond acceptors (Lipinski definition) is 7. The number of hydrogen-bond donors (Lipinski definition) is 3. The number of aromatic nitrogens is 3. The molecule has 170 valence electrons. The minimum atomic E-state index is 0.140. The molecule has 6 N–H and O–H groups in total. The Balaban J connectivity index is 0.000000323. The van der Waals surface area contributed by atoms with Crippen molar-refractivity contribution < 1.29 is 9.47 Å². The van der Waals surface area contributed by atoms with Crippen LogP contribution in [0.25, 0.3) is 16.5 Å². The van der Waals surface area contributed by atoms with Gasteiger partial charge in [-0.3, -0.25) is 10.3 Å². The molecule has 0 aliphatic carbocycles. The maximum Gasteiger partial charge on any atom is 0.155 e. The van der Waals surface area contributed by atoms with Gasteiger partial charge in [-0.05, 0) is 64.8 Å². The third kappa shape index (κ3) is 5.65. The first kappa shape index (κ1) is 24.4. The van der Waals surface area contributed by atoms with Gasteiger partial charge in [0.15, 0.2) is 5.82 Å². The highest BCUT2D eigenvalue weighted by Gasteiger charge is 2.18. The van der Waals surface area contributed by atoms with Crippen LogP contribution in [0.2, 0.25) is 0 Å². The normalized spacial score (nSPS) is 12.9. The van der Waals surface area contributed by atoms with E-state index in [1.165, 1.54) is 0 Å². The van der Waals surface area contributed by atoms with Crippen LogP contribution in [-0.2, 0) is 4.74 Å². The molecular formula is C23H36N6O2. The van der Waals surface area contributed by atoms with Crippen molar-refractivity contribution in [2.24, 2.45) is 5.73 Å². The molecular weight excluding hydrogens is 392 g/mol. The lowest BCUT2D eigenvalue weighted by molar-refractivity contribution is 0.00511. The van der Waals surface area contributed by atoms with Gasteiger partial charge < -0.3 is 20.9 Å². The molecule has 0 saturated carbocycles. The summed E-state index contributed by atoms with van der Waals surface area (Å²) in [6.45, 7) is 12.5. The molecule has 31 heavy (non-hydrogen) atoms. The average Bonchev–Trinajstić information content (AvgIpc) is 3.03. The summed E-state index contributed by atoms with van der Waals surface area (Å²) in [6.07, 6.45) is 3.09. The molecule has 0 radical (unpaired) electrons. The summed E-state index contributed by atoms with van der Waals surface area (Å²) in [6, 6.07) is 7.52. The molecule has 0 amide bonds. The Morgan fingerprint density at radius 3 is 2.00 bits per heavy atom. The van der Waals surface area contributed by atoms with E-state index in [1.807, 2.05) is 42.7 Å². The fraction of sp³-hybridized carbons (Fsp3) is 0.478. The lowest BCUT2D eigenvalue weighted by atomic mass is 10.2. The molecule has 0 aliphatic heterocycles. The van der Waals surface area contributed by atoms with Crippen LogP contribution in [0.3, 0.4) is 0 Å². The summed E-state index contributed by atoms with van der Waals surface area (Å²) in [5.74, 6) is 1.68. The average molecular weight is 429 g/mol. The number of nitrogens with two attached hydrogens (primary N) is 3. The van der Waals surface area contributed by atoms with E-state index < -0.39 is 0 Å². The fourth-order valence-electron chi connectivity index (χ4n) is 3.33. The number of rotatable bonds is 7. The van der Waals surface area contributed by atoms with Crippen LogP contribution < -0.4 is 21.9 Å². The molecule has 2 heterocycles. The molecule has 2 atom stereocenters. The van der Waals surface area contributed by atoms with Gasteiger partial charge in [0, 0.05) is 11.4 Å². The zero-order valence-corrected chi connectivity index (χ0v) is 19.5. The van der Waals surface area contributed by atoms with Gasteiger partial charge in [-0.2, -0.15) is 5.10 Å². The first-order valence-corrected chi connectivity index (χ1v) is 10.7. The van der Waals surface area contributed by atoms with Crippen LogP contribution in [0.5, 0.6) is 5.75 Å². The van der Waals surface area contributed by atoms with Gasteiger partial charge >= 0.3 is 0 Å². The van der Waals surface area contributed by atoms with Gasteiger partial charge in [0.05, 0.1) is 28.7 Å². The fourth-order valence-corrected chi connectivity index (χ4v) is 3.33. The SMILES string of the molecule is CCC(C)OC(C)CC.Cc1nnc(N)c2c(C)n(-c3ccc(OCN)cc3)c(N)c12. The van der Waals surface area contributed by atoms with Gasteiger partial charge in [0.1, 0.15) is 18.3 Å². The summed E-state index contributed by atoms with van der Waals surface area (Å²) in [4.78, 5) is 0. The highest BCUT2D eigenvalue weighted by Crippen LogP contribution is 2.35. The predicted molar refractivity (Wildman–Crippen MR) is 127 cm³/mol. The van der Waals surface area contributed by atoms with Crippen molar-refractivity contribution in [3.8, 4) is 11.4 Å². The van der Waals surface area contributed by atoms with E-state index in [2.05, 4.69) is 37.9 Å². The number of aryl methyl sites for hydroxylation is 2. The highest BCUT2D eigenvalue weighted by atomic mass is 16.5. The van der Waals surface area contributed by atoms with Gasteiger partial charge in [-0.1, -0.05) is 13.8 Å². The molecule has 0 aliphatic rings. The smallest absolute Gasteiger partial charge is 0.155 e. The second-order valence-corrected chi connectivity index (χ2v) is 7.61. The number of nitrogens with zero attached hydrogens (tertiary/aromatic N) is 3. The molecule has 0 saturated heterocycles. The molecule has 0 fully saturated rings. The molecule has 2 unspecified atom stereocenters. The van der Waals surface area contributed by atoms with Crippen molar-refractivity contribution >= 4 is 22.4 Å². The topological polar surface area (TPSA) is 127 Å². The number of fused-ring (bicyclic) bond motifs is 1. The van der Waals surface area contributed by atoms with Crippen LogP contribution >= 0.6 is 0 Å². The van der Waals surface area contributed by atoms with Crippen molar-refractivity contribution in [3.05, 3.63) is 35.7 Å². The van der Waals surface area contributed by atoms with Gasteiger partial charge in [0.2, 0.25) is 0 Å². The molecule has 8 heteroatoms. The van der Waals surface area contributed by atoms with Crippen LogP contribution in [0.15, 0.2) is 24.3 Å². The van der Waals surface area contributed by atoms with E-state index >= 15 is 0 Å². The Hall–Kier alpha value is -2.84. The first-order chi connectivity index (χ1) is 14.7. The van der Waals surface area contributed by atoms with Crippen LogP contribution in [0.1, 0.15) is 51.9 Å². The number of anilines is 2. The van der Waals surface area contributed by atoms with Crippen LogP contribution in [0, 0.1) is 13.8 Å². The highest BCUT2D eigenvalue weighted by molar-refractivity contribution is 6.02. The molecule has 1 aromatic carbocycles. The van der Waals surface area contributed by atoms with E-state index in [0.29, 0.717) is 29.6 Å². The van der Waals surface area contributed by atoms with Gasteiger partial charge in [-0.25, -0.2) is 0 Å². The minimum absolute atomic E-state index is 0.140. The summed E-state index contributed by atoms with van der Waals surface area (Å²) in [5, 5.41) is 9.71. The molecule has 3 aromatic rings. The van der Waals surface area contributed by atoms with Crippen molar-refractivity contribution in [3.63, 3.8) is 0 Å². The lowest BCUT2D eigenvalue weighted by Crippen LogP contribution is -2.14. The Labute approximate surface area is 184 Å². The third-order valence-corrected chi connectivity index (χ3v) is 5.33. The van der Waals surface area contributed by atoms with E-state index in [-0.39, 0.29) is 6.73 Å². The zero-order valence-electron chi connectivity index (χ0n) is 19.5. The van der Waals surface area contributed by atoms with E-state index in [4.69, 9.17) is 26.7 Å². The molecule has 8 nitrogen and oxygen atoms in total. The monoisotopic (exact) mass is 428 g/mol. The Morgan fingerprint density at radius 2 is 1.52 bits per heavy atom. The van der Waals surface area contributed by atoms with Crippen molar-refractivity contribution in [2.75, 3.05) is 18.2 Å². The number of benzene rings is 1. The Bertz CT molecular complexity index is 931. The maximum absolute atomic E-state index is 6.33. The Kier molecular flexibility index (Phi) is 8.65. The van der Waals surface area contributed by atoms with E-state index in [1.54, 1.807) is 0 Å². The number of ether oxygens (including phenoxy) is 2. The molecule has 2 aromatic heterocycles. The van der Waals surface area contributed by atoms with Crippen LogP contribution in [-0.4, -0.2) is 33.7 Å². The Morgan fingerprint density at radius 1 is 0.935 bits per heavy atom. The van der Waals surface area contributed by atoms with Crippen LogP contribution in [0.4, 0.5) is 11.6 Å². The summed E-state index contributed by atoms with van der Waals surface area (Å²) in [5.41, 5.74) is 20.3. The van der Waals surface area contributed by atoms with Gasteiger partial charge in [0.25, 0.3) is 0 Å². The standard InChI is InChI=1S/C15H18N6O.C8H18O/c1-8-12-13(14(17)20-19-8)9(2)21(15(12)18)10-3-5-11(6-4-10)22-7-16;1-5-7(3)9-8(4)6-2/h3-6H,7,16,18H2,1-2H3,(H2,17,20);7-8H,5-6H2,1-4H3. The largest absolute Gasteiger partial charge is 0.479 e. The van der Waals surface area contributed by atoms with Gasteiger partial charge in [-0.15, -0.1) is 5.10 Å². The first-order valence-electron chi connectivity index (χ1n) is 10.7. The lowest BCUT2D eigenvalue weighted by Gasteiger charge is -2.15. The third-order valence-electron chi connectivity index (χ3n) is 5.33. The molecule has 0 bridgehead atoms. The van der Waals surface area contributed by atoms with E-state index in [0.717, 1.165) is 40.7 Å². The summed E-state index contributed by atoms with van der Waals surface area (Å²) >= 11 is 0. The summed E-state index contributed by atoms with van der Waals surface area (Å²) < 4.78 is 12.7. The number of nitrogen functional groups attached to an aromatic ring is 2. The molecule has 3 rings (SSSR count).